The smallest absolute Gasteiger partial charge is 0.339 e. The third-order valence-electron chi connectivity index (χ3n) is 5.91. The zero-order valence-electron chi connectivity index (χ0n) is 20.5. The van der Waals surface area contributed by atoms with Gasteiger partial charge in [-0.2, -0.15) is 0 Å². The summed E-state index contributed by atoms with van der Waals surface area (Å²) in [6, 6.07) is 40.5. The third kappa shape index (κ3) is 5.97. The number of carbonyl (C=O) groups excluding carboxylic acids is 2. The number of hydrogen-bond donors (Lipinski definition) is 1. The Balaban J connectivity index is 1.33. The van der Waals surface area contributed by atoms with E-state index in [-0.39, 0.29) is 12.5 Å². The largest absolute Gasteiger partial charge is 0.457 e. The van der Waals surface area contributed by atoms with Crippen LogP contribution >= 0.6 is 0 Å². The first-order chi connectivity index (χ1) is 18.7. The quantitative estimate of drug-likeness (QED) is 0.222. The number of benzene rings is 5. The van der Waals surface area contributed by atoms with E-state index in [2.05, 4.69) is 5.32 Å². The van der Waals surface area contributed by atoms with Crippen LogP contribution in [0, 0.1) is 0 Å². The Morgan fingerprint density at radius 1 is 0.553 bits per heavy atom. The van der Waals surface area contributed by atoms with E-state index in [9.17, 15) is 9.59 Å². The van der Waals surface area contributed by atoms with Crippen molar-refractivity contribution in [2.24, 2.45) is 0 Å². The Morgan fingerprint density at radius 2 is 1.08 bits per heavy atom. The SMILES string of the molecule is O=C(Nc1ccc(Oc2ccccc2)cc1)c1ccccc1-c1ccccc1C(=O)OCc1ccccc1. The summed E-state index contributed by atoms with van der Waals surface area (Å²) >= 11 is 0. The van der Waals surface area contributed by atoms with E-state index in [0.29, 0.717) is 33.7 Å². The monoisotopic (exact) mass is 499 g/mol. The molecule has 5 aromatic carbocycles. The molecule has 0 saturated heterocycles. The molecule has 38 heavy (non-hydrogen) atoms. The van der Waals surface area contributed by atoms with Gasteiger partial charge in [0, 0.05) is 11.3 Å². The summed E-state index contributed by atoms with van der Waals surface area (Å²) in [7, 11) is 0. The molecule has 0 spiro atoms. The van der Waals surface area contributed by atoms with Gasteiger partial charge in [-0.15, -0.1) is 0 Å². The highest BCUT2D eigenvalue weighted by molar-refractivity contribution is 6.10. The van der Waals surface area contributed by atoms with Crippen LogP contribution in [0.1, 0.15) is 26.3 Å². The van der Waals surface area contributed by atoms with Gasteiger partial charge in [0.25, 0.3) is 5.91 Å². The van der Waals surface area contributed by atoms with Gasteiger partial charge >= 0.3 is 5.97 Å². The molecular weight excluding hydrogens is 474 g/mol. The van der Waals surface area contributed by atoms with Gasteiger partial charge in [-0.05, 0) is 65.2 Å². The van der Waals surface area contributed by atoms with Crippen molar-refractivity contribution < 1.29 is 19.1 Å². The minimum absolute atomic E-state index is 0.167. The second-order valence-corrected chi connectivity index (χ2v) is 8.55. The number of nitrogens with one attached hydrogen (secondary N) is 1. The molecule has 0 saturated carbocycles. The van der Waals surface area contributed by atoms with Gasteiger partial charge in [0.2, 0.25) is 0 Å². The maximum absolute atomic E-state index is 13.3. The molecule has 0 aliphatic heterocycles. The van der Waals surface area contributed by atoms with Gasteiger partial charge in [0.1, 0.15) is 18.1 Å². The van der Waals surface area contributed by atoms with Crippen LogP contribution in [0.2, 0.25) is 0 Å². The van der Waals surface area contributed by atoms with Gasteiger partial charge in [-0.1, -0.05) is 84.9 Å². The molecule has 0 unspecified atom stereocenters. The van der Waals surface area contributed by atoms with Gasteiger partial charge in [0.15, 0.2) is 0 Å². The normalized spacial score (nSPS) is 10.4. The van der Waals surface area contributed by atoms with Crippen molar-refractivity contribution in [3.63, 3.8) is 0 Å². The van der Waals surface area contributed by atoms with Crippen molar-refractivity contribution in [2.75, 3.05) is 5.32 Å². The molecule has 186 valence electrons. The molecule has 0 heterocycles. The lowest BCUT2D eigenvalue weighted by Gasteiger charge is -2.14. The van der Waals surface area contributed by atoms with E-state index in [0.717, 1.165) is 11.3 Å². The molecule has 0 aromatic heterocycles. The topological polar surface area (TPSA) is 64.6 Å². The average molecular weight is 500 g/mol. The lowest BCUT2D eigenvalue weighted by atomic mass is 9.95. The fourth-order valence-corrected chi connectivity index (χ4v) is 4.04. The Hall–Kier alpha value is -5.16. The fraction of sp³-hybridized carbons (Fsp3) is 0.0303. The van der Waals surface area contributed by atoms with E-state index < -0.39 is 5.97 Å². The molecule has 0 radical (unpaired) electrons. The number of esters is 1. The lowest BCUT2D eigenvalue weighted by molar-refractivity contribution is 0.0473. The molecule has 1 N–H and O–H groups in total. The Labute approximate surface area is 221 Å². The van der Waals surface area contributed by atoms with Gasteiger partial charge in [-0.3, -0.25) is 4.79 Å². The Bertz CT molecular complexity index is 1530. The average Bonchev–Trinajstić information content (AvgIpc) is 2.98. The Kier molecular flexibility index (Phi) is 7.56. The molecule has 5 heteroatoms. The second-order valence-electron chi connectivity index (χ2n) is 8.55. The molecule has 0 aliphatic rings. The van der Waals surface area contributed by atoms with E-state index in [1.54, 1.807) is 48.5 Å². The van der Waals surface area contributed by atoms with Crippen LogP contribution in [0.5, 0.6) is 11.5 Å². The van der Waals surface area contributed by atoms with E-state index in [1.165, 1.54) is 0 Å². The molecule has 0 bridgehead atoms. The number of amides is 1. The van der Waals surface area contributed by atoms with Crippen LogP contribution in [0.15, 0.2) is 133 Å². The van der Waals surface area contributed by atoms with E-state index in [4.69, 9.17) is 9.47 Å². The zero-order valence-corrected chi connectivity index (χ0v) is 20.5. The number of rotatable bonds is 8. The first-order valence-corrected chi connectivity index (χ1v) is 12.2. The highest BCUT2D eigenvalue weighted by Gasteiger charge is 2.19. The highest BCUT2D eigenvalue weighted by atomic mass is 16.5. The highest BCUT2D eigenvalue weighted by Crippen LogP contribution is 2.29. The van der Waals surface area contributed by atoms with Gasteiger partial charge in [-0.25, -0.2) is 4.79 Å². The third-order valence-corrected chi connectivity index (χ3v) is 5.91. The predicted molar refractivity (Wildman–Crippen MR) is 148 cm³/mol. The molecule has 0 fully saturated rings. The maximum Gasteiger partial charge on any atom is 0.339 e. The summed E-state index contributed by atoms with van der Waals surface area (Å²) in [5.41, 5.74) is 3.63. The van der Waals surface area contributed by atoms with Crippen LogP contribution in [0.25, 0.3) is 11.1 Å². The molecule has 5 aromatic rings. The van der Waals surface area contributed by atoms with Crippen molar-refractivity contribution in [1.82, 2.24) is 0 Å². The summed E-state index contributed by atoms with van der Waals surface area (Å²) < 4.78 is 11.4. The summed E-state index contributed by atoms with van der Waals surface area (Å²) in [4.78, 5) is 26.3. The van der Waals surface area contributed by atoms with Crippen LogP contribution in [0.3, 0.4) is 0 Å². The van der Waals surface area contributed by atoms with Crippen molar-refractivity contribution in [2.45, 2.75) is 6.61 Å². The van der Waals surface area contributed by atoms with Crippen LogP contribution in [-0.2, 0) is 11.3 Å². The standard InChI is InChI=1S/C33H25NO4/c35-32(34-25-19-21-27(22-20-25)38-26-13-5-2-6-14-26)30-17-9-7-15-28(30)29-16-8-10-18-31(29)33(36)37-23-24-11-3-1-4-12-24/h1-22H,23H2,(H,34,35). The van der Waals surface area contributed by atoms with Crippen LogP contribution in [0.4, 0.5) is 5.69 Å². The summed E-state index contributed by atoms with van der Waals surface area (Å²) in [5.74, 6) is 0.662. The maximum atomic E-state index is 13.3. The number of hydrogen-bond acceptors (Lipinski definition) is 4. The first-order valence-electron chi connectivity index (χ1n) is 12.2. The van der Waals surface area contributed by atoms with Crippen molar-refractivity contribution >= 4 is 17.6 Å². The minimum Gasteiger partial charge on any atom is -0.457 e. The molecular formula is C33H25NO4. The van der Waals surface area contributed by atoms with Crippen LogP contribution < -0.4 is 10.1 Å². The summed E-state index contributed by atoms with van der Waals surface area (Å²) in [6.07, 6.45) is 0. The molecule has 0 aliphatic carbocycles. The van der Waals surface area contributed by atoms with Crippen molar-refractivity contribution in [1.29, 1.82) is 0 Å². The minimum atomic E-state index is -0.450. The zero-order chi connectivity index (χ0) is 26.2. The number of carbonyl (C=O) groups is 2. The number of anilines is 1. The van der Waals surface area contributed by atoms with Gasteiger partial charge in [0.05, 0.1) is 5.56 Å². The fourth-order valence-electron chi connectivity index (χ4n) is 4.04. The second kappa shape index (κ2) is 11.7. The van der Waals surface area contributed by atoms with E-state index in [1.807, 2.05) is 84.9 Å². The number of para-hydroxylation sites is 1. The summed E-state index contributed by atoms with van der Waals surface area (Å²) in [6.45, 7) is 0.167. The molecule has 0 atom stereocenters. The van der Waals surface area contributed by atoms with Crippen molar-refractivity contribution in [3.05, 3.63) is 150 Å². The molecule has 5 rings (SSSR count). The van der Waals surface area contributed by atoms with Gasteiger partial charge < -0.3 is 14.8 Å². The van der Waals surface area contributed by atoms with Crippen molar-refractivity contribution in [3.8, 4) is 22.6 Å². The first kappa shape index (κ1) is 24.5. The molecule has 1 amide bonds. The van der Waals surface area contributed by atoms with Crippen LogP contribution in [-0.4, -0.2) is 11.9 Å². The lowest BCUT2D eigenvalue weighted by Crippen LogP contribution is -2.14. The number of ether oxygens (including phenoxy) is 2. The Morgan fingerprint density at radius 3 is 1.76 bits per heavy atom. The predicted octanol–water partition coefficient (Wildman–Crippen LogP) is 7.76. The molecule has 5 nitrogen and oxygen atoms in total. The van der Waals surface area contributed by atoms with E-state index >= 15 is 0 Å². The summed E-state index contributed by atoms with van der Waals surface area (Å²) in [5, 5.41) is 2.94.